The minimum Gasteiger partial charge on any atom is -0.493 e. The van der Waals surface area contributed by atoms with Crippen molar-refractivity contribution in [3.05, 3.63) is 23.8 Å². The van der Waals surface area contributed by atoms with Gasteiger partial charge in [0, 0.05) is 6.42 Å². The normalized spacial score (nSPS) is 10.3. The summed E-state index contributed by atoms with van der Waals surface area (Å²) in [6.07, 6.45) is 2.90. The quantitative estimate of drug-likeness (QED) is 0.480. The van der Waals surface area contributed by atoms with Gasteiger partial charge in [0.05, 0.1) is 13.2 Å². The molecule has 0 heterocycles. The van der Waals surface area contributed by atoms with Gasteiger partial charge in [-0.2, -0.15) is 0 Å². The Morgan fingerprint density at radius 2 is 1.73 bits per heavy atom. The van der Waals surface area contributed by atoms with Crippen molar-refractivity contribution in [1.29, 1.82) is 0 Å². The fourth-order valence-corrected chi connectivity index (χ4v) is 2.10. The Morgan fingerprint density at radius 1 is 0.962 bits per heavy atom. The molecule has 0 saturated heterocycles. The number of ether oxygens (including phenoxy) is 3. The van der Waals surface area contributed by atoms with E-state index in [1.165, 1.54) is 12.1 Å². The third kappa shape index (κ3) is 9.03. The molecule has 0 aliphatic rings. The van der Waals surface area contributed by atoms with Gasteiger partial charge >= 0.3 is 11.9 Å². The Hall–Kier alpha value is -2.61. The molecule has 2 N–H and O–H groups in total. The smallest absolute Gasteiger partial charge is 0.339 e. The van der Waals surface area contributed by atoms with Gasteiger partial charge in [-0.3, -0.25) is 0 Å². The van der Waals surface area contributed by atoms with E-state index in [1.807, 2.05) is 0 Å². The lowest BCUT2D eigenvalue weighted by Crippen LogP contribution is -2.13. The molecule has 0 aliphatic carbocycles. The van der Waals surface area contributed by atoms with Crippen LogP contribution in [0.25, 0.3) is 0 Å². The van der Waals surface area contributed by atoms with Crippen LogP contribution in [-0.2, 0) is 14.3 Å². The number of carbonyl (C=O) groups excluding carboxylic acids is 1. The second-order valence-corrected chi connectivity index (χ2v) is 5.62. The van der Waals surface area contributed by atoms with Crippen molar-refractivity contribution in [2.24, 2.45) is 0 Å². The first kappa shape index (κ1) is 21.4. The first-order valence-corrected chi connectivity index (χ1v) is 8.32. The van der Waals surface area contributed by atoms with Gasteiger partial charge in [-0.25, -0.2) is 9.59 Å². The van der Waals surface area contributed by atoms with Gasteiger partial charge in [-0.15, -0.1) is 0 Å². The van der Waals surface area contributed by atoms with Crippen LogP contribution < -0.4 is 9.47 Å². The predicted octanol–water partition coefficient (Wildman–Crippen LogP) is 2.39. The first-order valence-electron chi connectivity index (χ1n) is 8.32. The molecule has 0 aromatic heterocycles. The molecule has 0 fully saturated rings. The van der Waals surface area contributed by atoms with Gasteiger partial charge in [0.25, 0.3) is 0 Å². The fourth-order valence-electron chi connectivity index (χ4n) is 2.10. The number of ketones is 1. The highest BCUT2D eigenvalue weighted by atomic mass is 16.5. The van der Waals surface area contributed by atoms with E-state index in [9.17, 15) is 19.5 Å². The molecule has 1 rings (SSSR count). The van der Waals surface area contributed by atoms with Crippen molar-refractivity contribution in [2.75, 3.05) is 26.4 Å². The predicted molar refractivity (Wildman–Crippen MR) is 92.0 cm³/mol. The molecule has 0 amide bonds. The van der Waals surface area contributed by atoms with E-state index in [0.717, 1.165) is 19.3 Å². The topological polar surface area (TPSA) is 119 Å². The van der Waals surface area contributed by atoms with Crippen LogP contribution in [0.2, 0.25) is 0 Å². The van der Waals surface area contributed by atoms with E-state index >= 15 is 0 Å². The van der Waals surface area contributed by atoms with Crippen LogP contribution in [0.4, 0.5) is 0 Å². The molecule has 0 unspecified atom stereocenters. The van der Waals surface area contributed by atoms with Crippen molar-refractivity contribution in [1.82, 2.24) is 0 Å². The Morgan fingerprint density at radius 3 is 2.38 bits per heavy atom. The van der Waals surface area contributed by atoms with Gasteiger partial charge in [0.2, 0.25) is 0 Å². The molecule has 8 heteroatoms. The Labute approximate surface area is 151 Å². The summed E-state index contributed by atoms with van der Waals surface area (Å²) in [6, 6.07) is 4.45. The number of carboxylic acids is 2. The SMILES string of the molecule is CC(=O)CCCCCOc1ccc(OCCOCC(=O)O)cc1C(=O)O. The summed E-state index contributed by atoms with van der Waals surface area (Å²) in [5, 5.41) is 17.7. The zero-order valence-electron chi connectivity index (χ0n) is 14.7. The number of benzene rings is 1. The van der Waals surface area contributed by atoms with E-state index in [4.69, 9.17) is 19.3 Å². The summed E-state index contributed by atoms with van der Waals surface area (Å²) in [5.74, 6) is -1.47. The van der Waals surface area contributed by atoms with Crippen LogP contribution in [-0.4, -0.2) is 54.4 Å². The maximum atomic E-state index is 11.4. The molecule has 0 aliphatic heterocycles. The van der Waals surface area contributed by atoms with Crippen LogP contribution in [0.1, 0.15) is 43.0 Å². The Balaban J connectivity index is 2.45. The van der Waals surface area contributed by atoms with Gasteiger partial charge in [-0.1, -0.05) is 0 Å². The molecule has 0 bridgehead atoms. The molecule has 1 aromatic rings. The van der Waals surface area contributed by atoms with E-state index in [-0.39, 0.29) is 30.3 Å². The monoisotopic (exact) mass is 368 g/mol. The second-order valence-electron chi connectivity index (χ2n) is 5.62. The molecule has 26 heavy (non-hydrogen) atoms. The summed E-state index contributed by atoms with van der Waals surface area (Å²) in [7, 11) is 0. The number of aliphatic carboxylic acids is 1. The largest absolute Gasteiger partial charge is 0.493 e. The molecular weight excluding hydrogens is 344 g/mol. The standard InChI is InChI=1S/C18H24O8/c1-13(19)5-3-2-4-8-26-16-7-6-14(11-15(16)18(22)23)25-10-9-24-12-17(20)21/h6-7,11H,2-5,8-10,12H2,1H3,(H,20,21)(H,22,23). The van der Waals surface area contributed by atoms with Crippen LogP contribution >= 0.6 is 0 Å². The van der Waals surface area contributed by atoms with Crippen LogP contribution in [0.15, 0.2) is 18.2 Å². The summed E-state index contributed by atoms with van der Waals surface area (Å²) >= 11 is 0. The number of rotatable bonds is 14. The number of aromatic carboxylic acids is 1. The maximum Gasteiger partial charge on any atom is 0.339 e. The average molecular weight is 368 g/mol. The molecule has 1 aromatic carbocycles. The zero-order valence-corrected chi connectivity index (χ0v) is 14.7. The minimum absolute atomic E-state index is 0.0160. The van der Waals surface area contributed by atoms with E-state index in [1.54, 1.807) is 13.0 Å². The number of hydrogen-bond acceptors (Lipinski definition) is 6. The first-order chi connectivity index (χ1) is 12.4. The van der Waals surface area contributed by atoms with Gasteiger partial charge in [0.1, 0.15) is 36.1 Å². The zero-order chi connectivity index (χ0) is 19.4. The minimum atomic E-state index is -1.14. The third-order valence-corrected chi connectivity index (χ3v) is 3.33. The van der Waals surface area contributed by atoms with Crippen molar-refractivity contribution in [3.8, 4) is 11.5 Å². The molecule has 144 valence electrons. The Kier molecular flexibility index (Phi) is 9.78. The third-order valence-electron chi connectivity index (χ3n) is 3.33. The van der Waals surface area contributed by atoms with Crippen LogP contribution in [0.3, 0.4) is 0 Å². The maximum absolute atomic E-state index is 11.4. The fraction of sp³-hybridized carbons (Fsp3) is 0.500. The summed E-state index contributed by atoms with van der Waals surface area (Å²) in [4.78, 5) is 32.5. The van der Waals surface area contributed by atoms with Crippen molar-refractivity contribution < 1.29 is 38.8 Å². The second kappa shape index (κ2) is 11.9. The number of hydrogen-bond donors (Lipinski definition) is 2. The molecule has 0 radical (unpaired) electrons. The highest BCUT2D eigenvalue weighted by molar-refractivity contribution is 5.91. The van der Waals surface area contributed by atoms with Crippen molar-refractivity contribution >= 4 is 17.7 Å². The van der Waals surface area contributed by atoms with Gasteiger partial charge in [0.15, 0.2) is 0 Å². The lowest BCUT2D eigenvalue weighted by molar-refractivity contribution is -0.142. The number of carbonyl (C=O) groups is 3. The average Bonchev–Trinajstić information content (AvgIpc) is 2.57. The van der Waals surface area contributed by atoms with E-state index < -0.39 is 18.5 Å². The Bertz CT molecular complexity index is 611. The molecular formula is C18H24O8. The van der Waals surface area contributed by atoms with Gasteiger partial charge < -0.3 is 29.2 Å². The van der Waals surface area contributed by atoms with Crippen molar-refractivity contribution in [2.45, 2.75) is 32.6 Å². The van der Waals surface area contributed by atoms with Crippen LogP contribution in [0, 0.1) is 0 Å². The lowest BCUT2D eigenvalue weighted by Gasteiger charge is -2.12. The molecule has 0 atom stereocenters. The van der Waals surface area contributed by atoms with Crippen molar-refractivity contribution in [3.63, 3.8) is 0 Å². The highest BCUT2D eigenvalue weighted by Gasteiger charge is 2.13. The number of unbranched alkanes of at least 4 members (excludes halogenated alkanes) is 2. The number of Topliss-reactive ketones (excluding diaryl/α,β-unsaturated/α-hetero) is 1. The summed E-state index contributed by atoms with van der Waals surface area (Å²) in [5.41, 5.74) is -0.0160. The molecule has 0 spiro atoms. The summed E-state index contributed by atoms with van der Waals surface area (Å²) < 4.78 is 15.7. The molecule has 0 saturated carbocycles. The van der Waals surface area contributed by atoms with E-state index in [0.29, 0.717) is 18.8 Å². The highest BCUT2D eigenvalue weighted by Crippen LogP contribution is 2.24. The van der Waals surface area contributed by atoms with Gasteiger partial charge in [-0.05, 0) is 44.4 Å². The van der Waals surface area contributed by atoms with E-state index in [2.05, 4.69) is 0 Å². The molecule has 8 nitrogen and oxygen atoms in total. The summed E-state index contributed by atoms with van der Waals surface area (Å²) in [6.45, 7) is 1.68. The number of carboxylic acid groups (broad SMARTS) is 2. The lowest BCUT2D eigenvalue weighted by atomic mass is 10.1. The van der Waals surface area contributed by atoms with Crippen LogP contribution in [0.5, 0.6) is 11.5 Å².